The third kappa shape index (κ3) is 5.01. The number of carbonyl (C=O) groups excluding carboxylic acids is 1. The molecule has 0 saturated heterocycles. The zero-order valence-electron chi connectivity index (χ0n) is 16.7. The van der Waals surface area contributed by atoms with Gasteiger partial charge >= 0.3 is 0 Å². The van der Waals surface area contributed by atoms with E-state index in [1.54, 1.807) is 50.6 Å². The van der Waals surface area contributed by atoms with E-state index >= 15 is 0 Å². The molecule has 3 rings (SSSR count). The first-order valence-electron chi connectivity index (χ1n) is 9.06. The van der Waals surface area contributed by atoms with Crippen LogP contribution in [0.15, 0.2) is 45.7 Å². The number of nitrogens with one attached hydrogen (secondary N) is 1. The zero-order valence-corrected chi connectivity index (χ0v) is 19.1. The Kier molecular flexibility index (Phi) is 7.12. The Morgan fingerprint density at radius 1 is 1.17 bits per heavy atom. The number of hydrogen-bond acceptors (Lipinski definition) is 6. The lowest BCUT2D eigenvalue weighted by atomic mass is 10.1. The Morgan fingerprint density at radius 2 is 1.90 bits per heavy atom. The molecule has 0 spiro atoms. The highest BCUT2D eigenvalue weighted by Crippen LogP contribution is 2.36. The van der Waals surface area contributed by atoms with Crippen molar-refractivity contribution >= 4 is 45.2 Å². The number of H-pyrrole nitrogens is 1. The molecule has 0 aliphatic rings. The molecule has 0 bridgehead atoms. The summed E-state index contributed by atoms with van der Waals surface area (Å²) < 4.78 is 17.8. The minimum absolute atomic E-state index is 0.201. The lowest BCUT2D eigenvalue weighted by molar-refractivity contribution is 0.106. The standard InChI is InChI=1S/C22H20BrNO5S/c1-4-29-18-10-13(9-16(23)21(18)28-3)11-19-22(26)24-20(30-19)12-17(25)14-5-7-15(27-2)8-6-14/h5-12H,4H2,1-3H3,(H,24,26)/b19-11-,20-12-. The molecule has 156 valence electrons. The topological polar surface area (TPSA) is 77.6 Å². The second kappa shape index (κ2) is 9.77. The van der Waals surface area contributed by atoms with E-state index in [9.17, 15) is 9.59 Å². The lowest BCUT2D eigenvalue weighted by Crippen LogP contribution is -2.20. The predicted octanol–water partition coefficient (Wildman–Crippen LogP) is 3.11. The molecule has 0 aliphatic carbocycles. The molecule has 3 aromatic rings. The second-order valence-corrected chi connectivity index (χ2v) is 8.07. The molecule has 8 heteroatoms. The van der Waals surface area contributed by atoms with Gasteiger partial charge in [0.15, 0.2) is 17.3 Å². The van der Waals surface area contributed by atoms with Crippen LogP contribution < -0.4 is 29.0 Å². The number of ether oxygens (including phenoxy) is 3. The van der Waals surface area contributed by atoms with Crippen molar-refractivity contribution in [1.82, 2.24) is 4.98 Å². The Morgan fingerprint density at radius 3 is 2.53 bits per heavy atom. The van der Waals surface area contributed by atoms with Crippen LogP contribution in [0.25, 0.3) is 12.2 Å². The van der Waals surface area contributed by atoms with Crippen LogP contribution in [0, 0.1) is 0 Å². The van der Waals surface area contributed by atoms with Crippen molar-refractivity contribution in [1.29, 1.82) is 0 Å². The molecular weight excluding hydrogens is 470 g/mol. The first-order valence-corrected chi connectivity index (χ1v) is 10.7. The summed E-state index contributed by atoms with van der Waals surface area (Å²) in [5.41, 5.74) is 1.02. The largest absolute Gasteiger partial charge is 0.497 e. The summed E-state index contributed by atoms with van der Waals surface area (Å²) >= 11 is 4.67. The summed E-state index contributed by atoms with van der Waals surface area (Å²) in [5, 5.41) is 0. The number of ketones is 1. The maximum atomic E-state index is 12.5. The van der Waals surface area contributed by atoms with Crippen LogP contribution >= 0.6 is 27.3 Å². The van der Waals surface area contributed by atoms with Crippen molar-refractivity contribution < 1.29 is 19.0 Å². The average Bonchev–Trinajstić information content (AvgIpc) is 3.06. The maximum Gasteiger partial charge on any atom is 0.266 e. The Bertz CT molecular complexity index is 1230. The van der Waals surface area contributed by atoms with E-state index in [2.05, 4.69) is 20.9 Å². The molecule has 0 atom stereocenters. The van der Waals surface area contributed by atoms with E-state index in [1.807, 2.05) is 13.0 Å². The Balaban J connectivity index is 1.97. The van der Waals surface area contributed by atoms with Crippen LogP contribution in [-0.2, 0) is 0 Å². The molecule has 1 heterocycles. The molecule has 0 fully saturated rings. The zero-order chi connectivity index (χ0) is 21.7. The number of benzene rings is 2. The van der Waals surface area contributed by atoms with E-state index in [0.29, 0.717) is 38.6 Å². The SMILES string of the molecule is CCOc1cc(/C=c2\s/c(=C\C(=O)c3ccc(OC)cc3)[nH]c2=O)cc(Br)c1OC. The average molecular weight is 490 g/mol. The van der Waals surface area contributed by atoms with Gasteiger partial charge in [-0.2, -0.15) is 0 Å². The molecule has 2 aromatic carbocycles. The Labute approximate surface area is 185 Å². The van der Waals surface area contributed by atoms with Crippen molar-refractivity contribution in [2.24, 2.45) is 0 Å². The van der Waals surface area contributed by atoms with Gasteiger partial charge in [0.1, 0.15) is 5.75 Å². The van der Waals surface area contributed by atoms with Gasteiger partial charge < -0.3 is 19.2 Å². The molecule has 0 radical (unpaired) electrons. The summed E-state index contributed by atoms with van der Waals surface area (Å²) in [6.07, 6.45) is 3.16. The summed E-state index contributed by atoms with van der Waals surface area (Å²) in [7, 11) is 3.13. The monoisotopic (exact) mass is 489 g/mol. The number of Topliss-reactive ketones (excluding diaryl/α,β-unsaturated/α-hetero) is 1. The first-order chi connectivity index (χ1) is 14.4. The van der Waals surface area contributed by atoms with E-state index in [-0.39, 0.29) is 11.3 Å². The fraction of sp³-hybridized carbons (Fsp3) is 0.182. The third-order valence-electron chi connectivity index (χ3n) is 4.15. The van der Waals surface area contributed by atoms with Gasteiger partial charge in [-0.15, -0.1) is 11.3 Å². The number of halogens is 1. The van der Waals surface area contributed by atoms with Crippen molar-refractivity contribution in [2.75, 3.05) is 20.8 Å². The predicted molar refractivity (Wildman–Crippen MR) is 121 cm³/mol. The van der Waals surface area contributed by atoms with Crippen molar-refractivity contribution in [2.45, 2.75) is 6.92 Å². The number of thiazole rings is 1. The summed E-state index contributed by atoms with van der Waals surface area (Å²) in [5.74, 6) is 1.64. The van der Waals surface area contributed by atoms with Crippen molar-refractivity contribution in [3.05, 3.63) is 71.5 Å². The van der Waals surface area contributed by atoms with Gasteiger partial charge in [-0.1, -0.05) is 0 Å². The van der Waals surface area contributed by atoms with Gasteiger partial charge in [-0.25, -0.2) is 0 Å². The summed E-state index contributed by atoms with van der Waals surface area (Å²) in [6, 6.07) is 10.4. The lowest BCUT2D eigenvalue weighted by Gasteiger charge is -2.11. The second-order valence-electron chi connectivity index (χ2n) is 6.13. The number of rotatable bonds is 7. The van der Waals surface area contributed by atoms with Crippen molar-refractivity contribution in [3.63, 3.8) is 0 Å². The van der Waals surface area contributed by atoms with Crippen LogP contribution in [0.1, 0.15) is 22.8 Å². The van der Waals surface area contributed by atoms with Gasteiger partial charge in [0.2, 0.25) is 0 Å². The highest BCUT2D eigenvalue weighted by molar-refractivity contribution is 9.10. The molecule has 0 unspecified atom stereocenters. The minimum Gasteiger partial charge on any atom is -0.497 e. The number of hydrogen-bond donors (Lipinski definition) is 1. The number of methoxy groups -OCH3 is 2. The smallest absolute Gasteiger partial charge is 0.266 e. The molecule has 1 aromatic heterocycles. The molecular formula is C22H20BrNO5S. The van der Waals surface area contributed by atoms with Gasteiger partial charge in [0.05, 0.1) is 34.5 Å². The summed E-state index contributed by atoms with van der Waals surface area (Å²) in [6.45, 7) is 2.37. The molecule has 0 aliphatic heterocycles. The Hall–Kier alpha value is -2.84. The van der Waals surface area contributed by atoms with Gasteiger partial charge in [-0.05, 0) is 70.9 Å². The van der Waals surface area contributed by atoms with Crippen LogP contribution in [-0.4, -0.2) is 31.6 Å². The van der Waals surface area contributed by atoms with Crippen LogP contribution in [0.4, 0.5) is 0 Å². The molecule has 30 heavy (non-hydrogen) atoms. The highest BCUT2D eigenvalue weighted by atomic mass is 79.9. The maximum absolute atomic E-state index is 12.5. The molecule has 6 nitrogen and oxygen atoms in total. The van der Waals surface area contributed by atoms with Gasteiger partial charge in [0.25, 0.3) is 5.56 Å². The molecule has 0 amide bonds. The number of aromatic nitrogens is 1. The number of aromatic amines is 1. The van der Waals surface area contributed by atoms with Crippen LogP contribution in [0.5, 0.6) is 17.2 Å². The molecule has 0 saturated carbocycles. The first kappa shape index (κ1) is 21.9. The summed E-state index contributed by atoms with van der Waals surface area (Å²) in [4.78, 5) is 27.6. The normalized spacial score (nSPS) is 12.1. The van der Waals surface area contributed by atoms with Gasteiger partial charge in [0, 0.05) is 11.6 Å². The van der Waals surface area contributed by atoms with E-state index in [1.165, 1.54) is 17.4 Å². The fourth-order valence-corrected chi connectivity index (χ4v) is 4.27. The van der Waals surface area contributed by atoms with Crippen LogP contribution in [0.3, 0.4) is 0 Å². The molecule has 1 N–H and O–H groups in total. The van der Waals surface area contributed by atoms with E-state index in [4.69, 9.17) is 14.2 Å². The van der Waals surface area contributed by atoms with Gasteiger partial charge in [-0.3, -0.25) is 9.59 Å². The fourth-order valence-electron chi connectivity index (χ4n) is 2.77. The van der Waals surface area contributed by atoms with Crippen LogP contribution in [0.2, 0.25) is 0 Å². The highest BCUT2D eigenvalue weighted by Gasteiger charge is 2.11. The van der Waals surface area contributed by atoms with E-state index in [0.717, 1.165) is 10.0 Å². The van der Waals surface area contributed by atoms with Crippen molar-refractivity contribution in [3.8, 4) is 17.2 Å². The van der Waals surface area contributed by atoms with E-state index < -0.39 is 0 Å². The number of carbonyl (C=O) groups is 1. The minimum atomic E-state index is -0.265. The quantitative estimate of drug-likeness (QED) is 0.516. The third-order valence-corrected chi connectivity index (χ3v) is 5.70.